The maximum atomic E-state index is 10.8. The van der Waals surface area contributed by atoms with Crippen molar-refractivity contribution < 1.29 is 13.2 Å². The van der Waals surface area contributed by atoms with Crippen molar-refractivity contribution in [3.8, 4) is 5.88 Å². The maximum Gasteiger partial charge on any atom is 0.274 e. The highest BCUT2D eigenvalue weighted by molar-refractivity contribution is 7.87. The summed E-state index contributed by atoms with van der Waals surface area (Å²) in [5, 5.41) is 4.87. The molecule has 6 nitrogen and oxygen atoms in total. The molecule has 1 rings (SSSR count). The van der Waals surface area contributed by atoms with Gasteiger partial charge in [-0.2, -0.15) is 13.1 Å². The number of aromatic nitrogens is 1. The Bertz CT molecular complexity index is 503. The lowest BCUT2D eigenvalue weighted by molar-refractivity contribution is 0.185. The third-order valence-electron chi connectivity index (χ3n) is 2.40. The minimum Gasteiger partial charge on any atom is -0.475 e. The van der Waals surface area contributed by atoms with E-state index in [0.717, 1.165) is 12.0 Å². The van der Waals surface area contributed by atoms with Crippen LogP contribution < -0.4 is 14.6 Å². The van der Waals surface area contributed by atoms with E-state index in [1.54, 1.807) is 18.3 Å². The molecular weight excluding hydrogens is 266 g/mol. The van der Waals surface area contributed by atoms with Gasteiger partial charge in [0.2, 0.25) is 5.88 Å². The zero-order valence-electron chi connectivity index (χ0n) is 11.5. The normalized spacial score (nSPS) is 13.5. The van der Waals surface area contributed by atoms with E-state index < -0.39 is 10.2 Å². The molecule has 0 fully saturated rings. The molecule has 0 aliphatic rings. The summed E-state index contributed by atoms with van der Waals surface area (Å²) in [4.78, 5) is 4.10. The second kappa shape index (κ2) is 6.83. The Morgan fingerprint density at radius 3 is 2.68 bits per heavy atom. The fraction of sp³-hybridized carbons (Fsp3) is 0.583. The molecular formula is C12H21N3O3S. The molecule has 0 unspecified atom stereocenters. The van der Waals surface area contributed by atoms with Crippen molar-refractivity contribution in [1.82, 2.24) is 9.71 Å². The van der Waals surface area contributed by atoms with Crippen molar-refractivity contribution in [2.45, 2.75) is 39.8 Å². The Kier molecular flexibility index (Phi) is 5.71. The molecule has 0 amide bonds. The molecule has 0 aliphatic carbocycles. The first kappa shape index (κ1) is 15.9. The summed E-state index contributed by atoms with van der Waals surface area (Å²) >= 11 is 0. The molecule has 3 N–H and O–H groups in total. The highest BCUT2D eigenvalue weighted by Crippen LogP contribution is 2.14. The summed E-state index contributed by atoms with van der Waals surface area (Å²) in [6.07, 6.45) is 2.58. The smallest absolute Gasteiger partial charge is 0.274 e. The van der Waals surface area contributed by atoms with Crippen LogP contribution in [-0.4, -0.2) is 19.5 Å². The number of nitrogens with one attached hydrogen (secondary N) is 1. The molecule has 0 spiro atoms. The van der Waals surface area contributed by atoms with Gasteiger partial charge in [0.05, 0.1) is 6.10 Å². The van der Waals surface area contributed by atoms with Crippen LogP contribution in [0.4, 0.5) is 0 Å². The van der Waals surface area contributed by atoms with Crippen molar-refractivity contribution in [3.05, 3.63) is 23.9 Å². The lowest BCUT2D eigenvalue weighted by atomic mass is 10.1. The second-order valence-corrected chi connectivity index (χ2v) is 6.31. The lowest BCUT2D eigenvalue weighted by Crippen LogP contribution is -2.30. The SMILES string of the molecule is CC(C)C[C@H](C)Oc1cc(CNS(N)(=O)=O)ccn1. The minimum absolute atomic E-state index is 0.0638. The Labute approximate surface area is 114 Å². The van der Waals surface area contributed by atoms with E-state index >= 15 is 0 Å². The number of pyridine rings is 1. The summed E-state index contributed by atoms with van der Waals surface area (Å²) in [6, 6.07) is 3.41. The molecule has 1 atom stereocenters. The van der Waals surface area contributed by atoms with Gasteiger partial charge in [0.1, 0.15) is 0 Å². The van der Waals surface area contributed by atoms with E-state index in [9.17, 15) is 8.42 Å². The molecule has 108 valence electrons. The van der Waals surface area contributed by atoms with E-state index in [-0.39, 0.29) is 12.6 Å². The summed E-state index contributed by atoms with van der Waals surface area (Å²) in [7, 11) is -3.69. The molecule has 1 heterocycles. The first-order valence-electron chi connectivity index (χ1n) is 6.15. The van der Waals surface area contributed by atoms with E-state index in [1.165, 1.54) is 0 Å². The third kappa shape index (κ3) is 7.09. The molecule has 7 heteroatoms. The first-order valence-corrected chi connectivity index (χ1v) is 7.70. The number of ether oxygens (including phenoxy) is 1. The number of nitrogens with two attached hydrogens (primary N) is 1. The Morgan fingerprint density at radius 2 is 2.11 bits per heavy atom. The molecule has 0 aliphatic heterocycles. The van der Waals surface area contributed by atoms with Crippen LogP contribution >= 0.6 is 0 Å². The highest BCUT2D eigenvalue weighted by Gasteiger charge is 2.08. The van der Waals surface area contributed by atoms with Gasteiger partial charge in [-0.3, -0.25) is 0 Å². The number of hydrogen-bond donors (Lipinski definition) is 2. The van der Waals surface area contributed by atoms with Crippen molar-refractivity contribution in [3.63, 3.8) is 0 Å². The van der Waals surface area contributed by atoms with Gasteiger partial charge >= 0.3 is 0 Å². The fourth-order valence-corrected chi connectivity index (χ4v) is 2.09. The maximum absolute atomic E-state index is 10.8. The molecule has 1 aromatic rings. The molecule has 0 saturated heterocycles. The molecule has 0 aromatic carbocycles. The minimum atomic E-state index is -3.69. The van der Waals surface area contributed by atoms with Gasteiger partial charge in [-0.25, -0.2) is 10.1 Å². The van der Waals surface area contributed by atoms with Crippen LogP contribution in [0.15, 0.2) is 18.3 Å². The zero-order valence-corrected chi connectivity index (χ0v) is 12.3. The van der Waals surface area contributed by atoms with Crippen LogP contribution in [0.25, 0.3) is 0 Å². The Morgan fingerprint density at radius 1 is 1.42 bits per heavy atom. The predicted molar refractivity (Wildman–Crippen MR) is 73.7 cm³/mol. The molecule has 0 saturated carbocycles. The van der Waals surface area contributed by atoms with Gasteiger partial charge in [-0.1, -0.05) is 13.8 Å². The largest absolute Gasteiger partial charge is 0.475 e. The topological polar surface area (TPSA) is 94.3 Å². The molecule has 1 aromatic heterocycles. The van der Waals surface area contributed by atoms with Gasteiger partial charge in [0.15, 0.2) is 0 Å². The van der Waals surface area contributed by atoms with Gasteiger partial charge in [-0.05, 0) is 30.9 Å². The van der Waals surface area contributed by atoms with E-state index in [0.29, 0.717) is 11.8 Å². The van der Waals surface area contributed by atoms with Crippen LogP contribution in [0.1, 0.15) is 32.8 Å². The van der Waals surface area contributed by atoms with Crippen molar-refractivity contribution in [2.24, 2.45) is 11.1 Å². The van der Waals surface area contributed by atoms with E-state index in [2.05, 4.69) is 23.6 Å². The summed E-state index contributed by atoms with van der Waals surface area (Å²) < 4.78 is 29.5. The number of rotatable bonds is 7. The Balaban J connectivity index is 2.61. The third-order valence-corrected chi connectivity index (χ3v) is 2.95. The Hall–Kier alpha value is -1.18. The number of hydrogen-bond acceptors (Lipinski definition) is 4. The van der Waals surface area contributed by atoms with Gasteiger partial charge in [0.25, 0.3) is 10.2 Å². The molecule has 0 radical (unpaired) electrons. The predicted octanol–water partition coefficient (Wildman–Crippen LogP) is 1.19. The lowest BCUT2D eigenvalue weighted by Gasteiger charge is -2.16. The van der Waals surface area contributed by atoms with Crippen molar-refractivity contribution >= 4 is 10.2 Å². The van der Waals surface area contributed by atoms with Crippen molar-refractivity contribution in [1.29, 1.82) is 0 Å². The average Bonchev–Trinajstić information content (AvgIpc) is 2.24. The summed E-state index contributed by atoms with van der Waals surface area (Å²) in [6.45, 7) is 6.35. The zero-order chi connectivity index (χ0) is 14.5. The fourth-order valence-electron chi connectivity index (χ4n) is 1.73. The van der Waals surface area contributed by atoms with Crippen LogP contribution in [0, 0.1) is 5.92 Å². The van der Waals surface area contributed by atoms with Gasteiger partial charge < -0.3 is 4.74 Å². The first-order chi connectivity index (χ1) is 8.76. The van der Waals surface area contributed by atoms with Gasteiger partial charge in [-0.15, -0.1) is 0 Å². The van der Waals surface area contributed by atoms with Crippen LogP contribution in [-0.2, 0) is 16.8 Å². The number of nitrogens with zero attached hydrogens (tertiary/aromatic N) is 1. The molecule has 19 heavy (non-hydrogen) atoms. The van der Waals surface area contributed by atoms with Gasteiger partial charge in [0, 0.05) is 18.8 Å². The average molecular weight is 287 g/mol. The van der Waals surface area contributed by atoms with Crippen molar-refractivity contribution in [2.75, 3.05) is 0 Å². The summed E-state index contributed by atoms with van der Waals surface area (Å²) in [5.41, 5.74) is 0.746. The summed E-state index contributed by atoms with van der Waals surface area (Å²) in [5.74, 6) is 1.03. The standard InChI is InChI=1S/C12H21N3O3S/c1-9(2)6-10(3)18-12-7-11(4-5-14-12)8-15-19(13,16)17/h4-5,7,9-10,15H,6,8H2,1-3H3,(H2,13,16,17)/t10-/m0/s1. The quantitative estimate of drug-likeness (QED) is 0.787. The van der Waals surface area contributed by atoms with E-state index in [4.69, 9.17) is 9.88 Å². The van der Waals surface area contributed by atoms with E-state index in [1.807, 2.05) is 6.92 Å². The van der Waals surface area contributed by atoms with Crippen LogP contribution in [0.5, 0.6) is 5.88 Å². The monoisotopic (exact) mass is 287 g/mol. The van der Waals surface area contributed by atoms with Crippen LogP contribution in [0.2, 0.25) is 0 Å². The molecule has 0 bridgehead atoms. The second-order valence-electron chi connectivity index (χ2n) is 4.93. The van der Waals surface area contributed by atoms with Crippen LogP contribution in [0.3, 0.4) is 0 Å². The highest BCUT2D eigenvalue weighted by atomic mass is 32.2.